The van der Waals surface area contributed by atoms with Crippen molar-refractivity contribution in [2.45, 2.75) is 23.1 Å². The third-order valence-electron chi connectivity index (χ3n) is 5.65. The van der Waals surface area contributed by atoms with E-state index >= 15 is 0 Å². The lowest BCUT2D eigenvalue weighted by Crippen LogP contribution is -2.34. The molecule has 5 rings (SSSR count). The van der Waals surface area contributed by atoms with Gasteiger partial charge in [-0.3, -0.25) is 19.3 Å². The summed E-state index contributed by atoms with van der Waals surface area (Å²) < 4.78 is 1.16. The topological polar surface area (TPSA) is 87.5 Å². The molecule has 0 bridgehead atoms. The predicted octanol–water partition coefficient (Wildman–Crippen LogP) is 5.30. The second kappa shape index (κ2) is 9.37. The molecule has 170 valence electrons. The lowest BCUT2D eigenvalue weighted by Gasteiger charge is -2.17. The van der Waals surface area contributed by atoms with Crippen LogP contribution in [0.3, 0.4) is 0 Å². The molecule has 34 heavy (non-hydrogen) atoms. The van der Waals surface area contributed by atoms with Crippen LogP contribution in [0, 0.1) is 0 Å². The number of aromatic hydroxyl groups is 1. The van der Waals surface area contributed by atoms with Crippen molar-refractivity contribution in [2.24, 2.45) is 4.99 Å². The number of rotatable bonds is 4. The number of hydrogen-bond donors (Lipinski definition) is 2. The van der Waals surface area contributed by atoms with Crippen molar-refractivity contribution in [3.05, 3.63) is 121 Å². The quantitative estimate of drug-likeness (QED) is 0.407. The van der Waals surface area contributed by atoms with Crippen molar-refractivity contribution < 1.29 is 5.11 Å². The van der Waals surface area contributed by atoms with E-state index in [1.165, 1.54) is 0 Å². The molecule has 6 nitrogen and oxygen atoms in total. The van der Waals surface area contributed by atoms with Gasteiger partial charge in [-0.05, 0) is 35.4 Å². The lowest BCUT2D eigenvalue weighted by atomic mass is 10.0. The third-order valence-corrected chi connectivity index (χ3v) is 7.23. The van der Waals surface area contributed by atoms with Crippen molar-refractivity contribution in [1.29, 1.82) is 0 Å². The van der Waals surface area contributed by atoms with E-state index in [1.807, 2.05) is 78.9 Å². The zero-order valence-electron chi connectivity index (χ0n) is 17.9. The fourth-order valence-corrected chi connectivity index (χ4v) is 5.32. The van der Waals surface area contributed by atoms with Crippen LogP contribution in [0.5, 0.6) is 5.88 Å². The minimum Gasteiger partial charge on any atom is -0.494 e. The maximum Gasteiger partial charge on any atom is 0.331 e. The molecule has 1 atom stereocenters. The number of aromatic nitrogens is 2. The van der Waals surface area contributed by atoms with Gasteiger partial charge < -0.3 is 5.11 Å². The zero-order valence-corrected chi connectivity index (χ0v) is 19.5. The van der Waals surface area contributed by atoms with Crippen LogP contribution in [0.15, 0.2) is 98.3 Å². The summed E-state index contributed by atoms with van der Waals surface area (Å²) in [7, 11) is 0. The second-order valence-electron chi connectivity index (χ2n) is 7.92. The van der Waals surface area contributed by atoms with Crippen molar-refractivity contribution >= 4 is 34.8 Å². The average Bonchev–Trinajstić information content (AvgIpc) is 3.02. The zero-order chi connectivity index (χ0) is 23.7. The maximum atomic E-state index is 12.9. The fourth-order valence-electron chi connectivity index (χ4n) is 3.96. The Bertz CT molecular complexity index is 1490. The number of fused-ring (bicyclic) bond motifs is 1. The predicted molar refractivity (Wildman–Crippen MR) is 136 cm³/mol. The highest BCUT2D eigenvalue weighted by Crippen LogP contribution is 2.45. The van der Waals surface area contributed by atoms with Crippen LogP contribution in [0.2, 0.25) is 5.02 Å². The number of hydrogen-bond acceptors (Lipinski definition) is 5. The Labute approximate surface area is 204 Å². The molecule has 4 aromatic rings. The Morgan fingerprint density at radius 3 is 2.47 bits per heavy atom. The highest BCUT2D eigenvalue weighted by Gasteiger charge is 2.27. The van der Waals surface area contributed by atoms with E-state index in [4.69, 9.17) is 16.6 Å². The van der Waals surface area contributed by atoms with E-state index < -0.39 is 17.1 Å². The van der Waals surface area contributed by atoms with Gasteiger partial charge in [0.25, 0.3) is 5.56 Å². The first-order valence-electron chi connectivity index (χ1n) is 10.7. The van der Waals surface area contributed by atoms with Gasteiger partial charge in [0.05, 0.1) is 17.9 Å². The third kappa shape index (κ3) is 4.44. The van der Waals surface area contributed by atoms with Gasteiger partial charge in [-0.1, -0.05) is 66.2 Å². The molecule has 3 aromatic carbocycles. The number of aromatic amines is 1. The highest BCUT2D eigenvalue weighted by atomic mass is 35.5. The van der Waals surface area contributed by atoms with E-state index in [0.29, 0.717) is 22.8 Å². The molecule has 2 heterocycles. The van der Waals surface area contributed by atoms with Gasteiger partial charge in [0.1, 0.15) is 5.56 Å². The van der Waals surface area contributed by atoms with Crippen molar-refractivity contribution in [3.63, 3.8) is 0 Å². The van der Waals surface area contributed by atoms with Crippen LogP contribution in [0.1, 0.15) is 28.4 Å². The molecule has 0 saturated heterocycles. The van der Waals surface area contributed by atoms with Crippen molar-refractivity contribution in [3.8, 4) is 5.88 Å². The number of H-pyrrole nitrogens is 1. The molecular weight excluding hydrogens is 470 g/mol. The van der Waals surface area contributed by atoms with E-state index in [2.05, 4.69) is 4.98 Å². The number of para-hydroxylation sites is 1. The Morgan fingerprint density at radius 2 is 1.71 bits per heavy atom. The van der Waals surface area contributed by atoms with Crippen LogP contribution in [0.4, 0.5) is 5.69 Å². The summed E-state index contributed by atoms with van der Waals surface area (Å²) in [4.78, 5) is 33.6. The molecule has 0 amide bonds. The average molecular weight is 490 g/mol. The van der Waals surface area contributed by atoms with E-state index in [9.17, 15) is 14.7 Å². The Balaban J connectivity index is 1.64. The number of nitrogens with one attached hydrogen (secondary N) is 1. The smallest absolute Gasteiger partial charge is 0.331 e. The molecule has 0 spiro atoms. The first-order valence-corrected chi connectivity index (χ1v) is 11.9. The van der Waals surface area contributed by atoms with Gasteiger partial charge in [-0.15, -0.1) is 11.8 Å². The van der Waals surface area contributed by atoms with Gasteiger partial charge >= 0.3 is 5.69 Å². The van der Waals surface area contributed by atoms with Crippen molar-refractivity contribution in [1.82, 2.24) is 9.55 Å². The van der Waals surface area contributed by atoms with Crippen LogP contribution in [-0.2, 0) is 6.54 Å². The van der Waals surface area contributed by atoms with Gasteiger partial charge in [-0.25, -0.2) is 4.79 Å². The number of thioether (sulfide) groups is 1. The van der Waals surface area contributed by atoms with Gasteiger partial charge in [0.2, 0.25) is 5.88 Å². The van der Waals surface area contributed by atoms with E-state index in [-0.39, 0.29) is 17.4 Å². The molecule has 0 fully saturated rings. The molecule has 1 aliphatic rings. The number of benzene rings is 3. The molecule has 0 aliphatic carbocycles. The number of nitrogens with zero attached hydrogens (tertiary/aromatic N) is 2. The Morgan fingerprint density at radius 1 is 1.00 bits per heavy atom. The summed E-state index contributed by atoms with van der Waals surface area (Å²) in [6.45, 7) is 0.120. The minimum absolute atomic E-state index is 0.00629. The molecule has 1 aromatic heterocycles. The second-order valence-corrected chi connectivity index (χ2v) is 9.60. The SMILES string of the molecule is O=c1[nH]c(=O)n(Cc2ccccc2)c(O)c1C1=Nc2ccccc2S[C@@H](c2ccc(Cl)cc2)C1. The Kier molecular flexibility index (Phi) is 6.13. The number of aliphatic imine (C=N–C) groups is 1. The first-order chi connectivity index (χ1) is 16.5. The molecule has 0 radical (unpaired) electrons. The van der Waals surface area contributed by atoms with Gasteiger partial charge in [-0.2, -0.15) is 0 Å². The lowest BCUT2D eigenvalue weighted by molar-refractivity contribution is 0.408. The normalized spacial score (nSPS) is 15.3. The standard InChI is InChI=1S/C26H20ClN3O3S/c27-18-12-10-17(11-13-18)22-14-20(28-19-8-4-5-9-21(19)34-22)23-24(31)29-26(33)30(25(23)32)15-16-6-2-1-3-7-16/h1-13,22,32H,14-15H2,(H,29,31,33)/t22-/m1/s1. The maximum absolute atomic E-state index is 12.9. The van der Waals surface area contributed by atoms with Crippen molar-refractivity contribution in [2.75, 3.05) is 0 Å². The minimum atomic E-state index is -0.673. The molecular formula is C26H20ClN3O3S. The van der Waals surface area contributed by atoms with Crippen LogP contribution < -0.4 is 11.2 Å². The summed E-state index contributed by atoms with van der Waals surface area (Å²) in [5, 5.41) is 11.7. The van der Waals surface area contributed by atoms with Gasteiger partial charge in [0.15, 0.2) is 0 Å². The van der Waals surface area contributed by atoms with Crippen LogP contribution >= 0.6 is 23.4 Å². The molecule has 8 heteroatoms. The summed E-state index contributed by atoms with van der Waals surface area (Å²) in [6, 6.07) is 24.5. The molecule has 1 aliphatic heterocycles. The number of halogens is 1. The fraction of sp³-hybridized carbons (Fsp3) is 0.115. The summed E-state index contributed by atoms with van der Waals surface area (Å²) in [6.07, 6.45) is 0.376. The van der Waals surface area contributed by atoms with E-state index in [0.717, 1.165) is 20.6 Å². The first kappa shape index (κ1) is 22.3. The van der Waals surface area contributed by atoms with E-state index in [1.54, 1.807) is 11.8 Å². The van der Waals surface area contributed by atoms with Gasteiger partial charge in [0, 0.05) is 21.6 Å². The Hall–Kier alpha value is -3.55. The molecule has 0 unspecified atom stereocenters. The monoisotopic (exact) mass is 489 g/mol. The highest BCUT2D eigenvalue weighted by molar-refractivity contribution is 7.99. The summed E-state index contributed by atoms with van der Waals surface area (Å²) in [5.74, 6) is -0.393. The largest absolute Gasteiger partial charge is 0.494 e. The summed E-state index contributed by atoms with van der Waals surface area (Å²) in [5.41, 5.74) is 1.63. The van der Waals surface area contributed by atoms with Crippen LogP contribution in [0.25, 0.3) is 0 Å². The summed E-state index contributed by atoms with van der Waals surface area (Å²) >= 11 is 7.72. The molecule has 2 N–H and O–H groups in total. The van der Waals surface area contributed by atoms with Crippen LogP contribution in [-0.4, -0.2) is 20.4 Å². The molecule has 0 saturated carbocycles.